The molecule has 0 radical (unpaired) electrons. The predicted octanol–water partition coefficient (Wildman–Crippen LogP) is 3.99. The van der Waals surface area contributed by atoms with E-state index in [2.05, 4.69) is 28.2 Å². The first-order chi connectivity index (χ1) is 16.3. The Kier molecular flexibility index (Phi) is 4.33. The molecule has 170 valence electrons. The van der Waals surface area contributed by atoms with Crippen LogP contribution >= 0.6 is 0 Å². The number of hydrogen-bond acceptors (Lipinski definition) is 5. The molecule has 1 unspecified atom stereocenters. The van der Waals surface area contributed by atoms with Crippen molar-refractivity contribution in [3.8, 4) is 0 Å². The van der Waals surface area contributed by atoms with Gasteiger partial charge in [0.1, 0.15) is 5.82 Å². The van der Waals surface area contributed by atoms with E-state index in [4.69, 9.17) is 4.98 Å². The van der Waals surface area contributed by atoms with Crippen LogP contribution in [0.15, 0.2) is 66.0 Å². The van der Waals surface area contributed by atoms with Gasteiger partial charge in [0.2, 0.25) is 5.91 Å². The topological polar surface area (TPSA) is 70.5 Å². The van der Waals surface area contributed by atoms with Gasteiger partial charge < -0.3 is 14.8 Å². The molecule has 2 aliphatic heterocycles. The van der Waals surface area contributed by atoms with Gasteiger partial charge in [0.25, 0.3) is 5.91 Å². The fourth-order valence-electron chi connectivity index (χ4n) is 5.39. The van der Waals surface area contributed by atoms with Crippen LogP contribution < -0.4 is 10.2 Å². The lowest BCUT2D eigenvalue weighted by Gasteiger charge is -2.25. The Bertz CT molecular complexity index is 1560. The number of carbonyl (C=O) groups excluding carboxylic acids is 2. The summed E-state index contributed by atoms with van der Waals surface area (Å²) in [5.74, 6) is -0.0699. The Morgan fingerprint density at radius 2 is 1.91 bits per heavy atom. The maximum absolute atomic E-state index is 13.7. The smallest absolute Gasteiger partial charge is 0.259 e. The number of amides is 2. The number of hydrogen-bond donors (Lipinski definition) is 1. The normalized spacial score (nSPS) is 17.2. The van der Waals surface area contributed by atoms with Crippen molar-refractivity contribution >= 4 is 45.1 Å². The Morgan fingerprint density at radius 1 is 1.12 bits per heavy atom. The molecular weight excluding hydrogens is 426 g/mol. The second kappa shape index (κ2) is 7.18. The molecule has 0 spiro atoms. The number of fused-ring (bicyclic) bond motifs is 1. The van der Waals surface area contributed by atoms with Gasteiger partial charge in [-0.2, -0.15) is 0 Å². The molecule has 34 heavy (non-hydrogen) atoms. The zero-order valence-corrected chi connectivity index (χ0v) is 19.6. The largest absolute Gasteiger partial charge is 0.362 e. The molecule has 6 rings (SSSR count). The maximum Gasteiger partial charge on any atom is 0.259 e. The molecule has 7 nitrogen and oxygen atoms in total. The van der Waals surface area contributed by atoms with E-state index in [0.717, 1.165) is 50.1 Å². The number of aryl methyl sites for hydroxylation is 1. The molecule has 4 heterocycles. The number of para-hydroxylation sites is 1. The first kappa shape index (κ1) is 20.5. The van der Waals surface area contributed by atoms with Gasteiger partial charge in [-0.3, -0.25) is 14.5 Å². The molecule has 0 saturated carbocycles. The summed E-state index contributed by atoms with van der Waals surface area (Å²) in [5.41, 5.74) is 6.29. The van der Waals surface area contributed by atoms with Crippen LogP contribution in [0.5, 0.6) is 0 Å². The van der Waals surface area contributed by atoms with Gasteiger partial charge in [-0.25, -0.2) is 4.98 Å². The van der Waals surface area contributed by atoms with E-state index < -0.39 is 0 Å². The number of imide groups is 1. The van der Waals surface area contributed by atoms with Crippen LogP contribution in [0.3, 0.4) is 0 Å². The SMILES string of the molecule is CC(=O)N1CC2=C(C1=O)C(c1cc3ccccc3nc1N(C)C)c1cn(C)c3cccc(c13)N2. The standard InChI is InChI=1S/C27H25N5O2/c1-15(33)32-14-21-25(27(32)34)23(18-13-31(4)22-11-7-10-20(28-21)24(18)22)17-12-16-8-5-6-9-19(16)29-26(17)30(2)3/h5-13,23,28H,14H2,1-4H3. The fourth-order valence-corrected chi connectivity index (χ4v) is 5.39. The van der Waals surface area contributed by atoms with Crippen LogP contribution in [0.1, 0.15) is 24.0 Å². The molecular formula is C27H25N5O2. The van der Waals surface area contributed by atoms with E-state index in [9.17, 15) is 9.59 Å². The van der Waals surface area contributed by atoms with Crippen molar-refractivity contribution < 1.29 is 9.59 Å². The molecule has 7 heteroatoms. The van der Waals surface area contributed by atoms with E-state index >= 15 is 0 Å². The molecule has 4 aromatic rings. The molecule has 2 amide bonds. The molecule has 0 bridgehead atoms. The third-order valence-electron chi connectivity index (χ3n) is 6.89. The summed E-state index contributed by atoms with van der Waals surface area (Å²) in [4.78, 5) is 34.4. The van der Waals surface area contributed by atoms with Crippen molar-refractivity contribution in [2.24, 2.45) is 7.05 Å². The van der Waals surface area contributed by atoms with E-state index in [-0.39, 0.29) is 24.3 Å². The Labute approximate surface area is 197 Å². The summed E-state index contributed by atoms with van der Waals surface area (Å²) in [5, 5.41) is 5.62. The minimum absolute atomic E-state index is 0.241. The summed E-state index contributed by atoms with van der Waals surface area (Å²) in [6, 6.07) is 16.3. The summed E-state index contributed by atoms with van der Waals surface area (Å²) < 4.78 is 2.10. The van der Waals surface area contributed by atoms with Gasteiger partial charge in [-0.1, -0.05) is 24.3 Å². The summed E-state index contributed by atoms with van der Waals surface area (Å²) >= 11 is 0. The number of pyridine rings is 1. The highest BCUT2D eigenvalue weighted by Crippen LogP contribution is 2.48. The fraction of sp³-hybridized carbons (Fsp3) is 0.222. The average molecular weight is 452 g/mol. The molecule has 0 fully saturated rings. The van der Waals surface area contributed by atoms with E-state index in [1.165, 1.54) is 11.8 Å². The zero-order chi connectivity index (χ0) is 23.7. The van der Waals surface area contributed by atoms with Crippen molar-refractivity contribution in [1.82, 2.24) is 14.5 Å². The van der Waals surface area contributed by atoms with Gasteiger partial charge in [0.15, 0.2) is 0 Å². The number of rotatable bonds is 2. The van der Waals surface area contributed by atoms with Crippen LogP contribution in [0.4, 0.5) is 11.5 Å². The first-order valence-electron chi connectivity index (χ1n) is 11.3. The molecule has 1 atom stereocenters. The van der Waals surface area contributed by atoms with Crippen molar-refractivity contribution in [1.29, 1.82) is 0 Å². The Hall–Kier alpha value is -4.13. The monoisotopic (exact) mass is 451 g/mol. The van der Waals surface area contributed by atoms with Crippen LogP contribution in [0.25, 0.3) is 21.8 Å². The van der Waals surface area contributed by atoms with Gasteiger partial charge >= 0.3 is 0 Å². The lowest BCUT2D eigenvalue weighted by Crippen LogP contribution is -2.33. The molecule has 2 aliphatic rings. The van der Waals surface area contributed by atoms with Crippen LogP contribution in [-0.2, 0) is 16.6 Å². The van der Waals surface area contributed by atoms with E-state index in [0.29, 0.717) is 5.57 Å². The van der Waals surface area contributed by atoms with Gasteiger partial charge in [-0.15, -0.1) is 0 Å². The second-order valence-electron chi connectivity index (χ2n) is 9.24. The Morgan fingerprint density at radius 3 is 2.68 bits per heavy atom. The van der Waals surface area contributed by atoms with Crippen LogP contribution in [-0.4, -0.2) is 46.9 Å². The quantitative estimate of drug-likeness (QED) is 0.499. The van der Waals surface area contributed by atoms with Crippen LogP contribution in [0, 0.1) is 0 Å². The summed E-state index contributed by atoms with van der Waals surface area (Å²) in [7, 11) is 5.96. The summed E-state index contributed by atoms with van der Waals surface area (Å²) in [6.07, 6.45) is 2.11. The van der Waals surface area contributed by atoms with E-state index in [1.54, 1.807) is 0 Å². The number of nitrogens with zero attached hydrogens (tertiary/aromatic N) is 4. The molecule has 2 aromatic carbocycles. The minimum atomic E-state index is -0.374. The number of nitrogens with one attached hydrogen (secondary N) is 1. The number of aromatic nitrogens is 2. The number of benzene rings is 2. The number of carbonyl (C=O) groups is 2. The lowest BCUT2D eigenvalue weighted by molar-refractivity contribution is -0.139. The molecule has 1 N–H and O–H groups in total. The highest BCUT2D eigenvalue weighted by molar-refractivity contribution is 6.11. The maximum atomic E-state index is 13.7. The first-order valence-corrected chi connectivity index (χ1v) is 11.3. The van der Waals surface area contributed by atoms with Crippen molar-refractivity contribution in [2.45, 2.75) is 12.8 Å². The average Bonchev–Trinajstić information content (AvgIpc) is 3.27. The van der Waals surface area contributed by atoms with Crippen molar-refractivity contribution in [3.63, 3.8) is 0 Å². The van der Waals surface area contributed by atoms with Gasteiger partial charge in [0, 0.05) is 67.9 Å². The zero-order valence-electron chi connectivity index (χ0n) is 19.6. The second-order valence-corrected chi connectivity index (χ2v) is 9.24. The Balaban J connectivity index is 1.71. The summed E-state index contributed by atoms with van der Waals surface area (Å²) in [6.45, 7) is 1.68. The highest BCUT2D eigenvalue weighted by atomic mass is 16.2. The van der Waals surface area contributed by atoms with Crippen molar-refractivity contribution in [2.75, 3.05) is 30.9 Å². The van der Waals surface area contributed by atoms with Crippen molar-refractivity contribution in [3.05, 3.63) is 77.1 Å². The van der Waals surface area contributed by atoms with E-state index in [1.807, 2.05) is 62.4 Å². The molecule has 0 saturated heterocycles. The molecule has 0 aliphatic carbocycles. The third kappa shape index (κ3) is 2.79. The lowest BCUT2D eigenvalue weighted by atomic mass is 9.84. The minimum Gasteiger partial charge on any atom is -0.362 e. The number of anilines is 2. The predicted molar refractivity (Wildman–Crippen MR) is 134 cm³/mol. The van der Waals surface area contributed by atoms with Gasteiger partial charge in [-0.05, 0) is 29.8 Å². The third-order valence-corrected chi connectivity index (χ3v) is 6.89. The molecule has 2 aromatic heterocycles. The van der Waals surface area contributed by atoms with Crippen LogP contribution in [0.2, 0.25) is 0 Å². The highest BCUT2D eigenvalue weighted by Gasteiger charge is 2.42. The van der Waals surface area contributed by atoms with Gasteiger partial charge in [0.05, 0.1) is 23.2 Å².